The number of fused-ring (bicyclic) bond motifs is 1. The van der Waals surface area contributed by atoms with Crippen molar-refractivity contribution in [1.82, 2.24) is 0 Å². The van der Waals surface area contributed by atoms with E-state index in [2.05, 4.69) is 45.1 Å². The number of hydrogen-bond acceptors (Lipinski definition) is 4. The molecule has 4 aliphatic rings. The van der Waals surface area contributed by atoms with E-state index in [1.54, 1.807) is 6.26 Å². The first-order chi connectivity index (χ1) is 11.9. The molecule has 0 spiro atoms. The third-order valence-corrected chi connectivity index (χ3v) is 7.24. The zero-order chi connectivity index (χ0) is 17.4. The Balaban J connectivity index is 0.00000168. The molecule has 6 heteroatoms. The van der Waals surface area contributed by atoms with Crippen molar-refractivity contribution in [2.75, 3.05) is 5.32 Å². The van der Waals surface area contributed by atoms with Crippen LogP contribution in [0.25, 0.3) is 10.8 Å². The SMILES string of the molecule is CC(Nc1occ2ccccc12)B1O[C@@H]2C[C@@H]3C[C@@H](C3(C)C)[C@]2(C)O1.Cl. The minimum Gasteiger partial charge on any atom is -0.448 e. The molecule has 3 saturated carbocycles. The predicted octanol–water partition coefficient (Wildman–Crippen LogP) is 4.92. The summed E-state index contributed by atoms with van der Waals surface area (Å²) in [5.41, 5.74) is 0.210. The van der Waals surface area contributed by atoms with Crippen molar-refractivity contribution >= 4 is 36.2 Å². The van der Waals surface area contributed by atoms with Crippen LogP contribution in [0.1, 0.15) is 40.5 Å². The van der Waals surface area contributed by atoms with E-state index in [4.69, 9.17) is 13.7 Å². The molecule has 5 atom stereocenters. The fourth-order valence-corrected chi connectivity index (χ4v) is 5.49. The second-order valence-electron chi connectivity index (χ2n) is 8.92. The summed E-state index contributed by atoms with van der Waals surface area (Å²) < 4.78 is 18.6. The number of furan rings is 1. The molecule has 1 saturated heterocycles. The van der Waals surface area contributed by atoms with Gasteiger partial charge in [0.15, 0.2) is 5.88 Å². The van der Waals surface area contributed by atoms with Crippen LogP contribution in [0.5, 0.6) is 0 Å². The van der Waals surface area contributed by atoms with Crippen molar-refractivity contribution in [2.24, 2.45) is 17.3 Å². The van der Waals surface area contributed by atoms with Crippen molar-refractivity contribution in [3.05, 3.63) is 30.5 Å². The third kappa shape index (κ3) is 2.37. The Morgan fingerprint density at radius 2 is 1.96 bits per heavy atom. The van der Waals surface area contributed by atoms with Crippen LogP contribution in [0.2, 0.25) is 0 Å². The average molecular weight is 376 g/mol. The van der Waals surface area contributed by atoms with E-state index in [0.717, 1.165) is 29.0 Å². The average Bonchev–Trinajstić information content (AvgIpc) is 3.15. The van der Waals surface area contributed by atoms with Gasteiger partial charge in [0.25, 0.3) is 0 Å². The fourth-order valence-electron chi connectivity index (χ4n) is 5.49. The summed E-state index contributed by atoms with van der Waals surface area (Å²) in [6.07, 6.45) is 4.40. The van der Waals surface area contributed by atoms with Crippen molar-refractivity contribution in [1.29, 1.82) is 0 Å². The van der Waals surface area contributed by atoms with E-state index in [1.165, 1.54) is 6.42 Å². The molecule has 2 bridgehead atoms. The lowest BCUT2D eigenvalue weighted by Gasteiger charge is -2.64. The molecule has 1 N–H and O–H groups in total. The van der Waals surface area contributed by atoms with Gasteiger partial charge in [0.05, 0.1) is 17.6 Å². The molecule has 26 heavy (non-hydrogen) atoms. The van der Waals surface area contributed by atoms with Crippen LogP contribution in [0, 0.1) is 17.3 Å². The van der Waals surface area contributed by atoms with Gasteiger partial charge in [-0.3, -0.25) is 0 Å². The molecule has 1 aliphatic heterocycles. The highest BCUT2D eigenvalue weighted by molar-refractivity contribution is 6.48. The Kier molecular flexibility index (Phi) is 4.14. The van der Waals surface area contributed by atoms with Crippen molar-refractivity contribution in [3.63, 3.8) is 0 Å². The second-order valence-corrected chi connectivity index (χ2v) is 8.92. The highest BCUT2D eigenvalue weighted by Crippen LogP contribution is 2.65. The maximum absolute atomic E-state index is 6.53. The maximum Gasteiger partial charge on any atom is 0.481 e. The van der Waals surface area contributed by atoms with Gasteiger partial charge >= 0.3 is 7.12 Å². The summed E-state index contributed by atoms with van der Waals surface area (Å²) in [6.45, 7) is 9.15. The predicted molar refractivity (Wildman–Crippen MR) is 107 cm³/mol. The molecule has 4 fully saturated rings. The number of anilines is 1. The van der Waals surface area contributed by atoms with E-state index >= 15 is 0 Å². The Morgan fingerprint density at radius 3 is 2.73 bits per heavy atom. The van der Waals surface area contributed by atoms with E-state index in [-0.39, 0.29) is 37.2 Å². The lowest BCUT2D eigenvalue weighted by Crippen LogP contribution is -2.65. The molecule has 1 aromatic carbocycles. The van der Waals surface area contributed by atoms with Crippen LogP contribution < -0.4 is 5.32 Å². The Bertz CT molecular complexity index is 824. The lowest BCUT2D eigenvalue weighted by atomic mass is 9.43. The van der Waals surface area contributed by atoms with Crippen LogP contribution in [-0.2, 0) is 9.31 Å². The van der Waals surface area contributed by atoms with E-state index in [9.17, 15) is 0 Å². The highest BCUT2D eigenvalue weighted by atomic mass is 35.5. The summed E-state index contributed by atoms with van der Waals surface area (Å²) in [5, 5.41) is 5.67. The Hall–Kier alpha value is -1.17. The van der Waals surface area contributed by atoms with Gasteiger partial charge < -0.3 is 19.0 Å². The number of nitrogens with one attached hydrogen (secondary N) is 1. The van der Waals surface area contributed by atoms with E-state index in [1.807, 2.05) is 12.1 Å². The molecular weight excluding hydrogens is 348 g/mol. The van der Waals surface area contributed by atoms with Gasteiger partial charge in [0, 0.05) is 10.8 Å². The molecule has 2 heterocycles. The number of hydrogen-bond donors (Lipinski definition) is 1. The van der Waals surface area contributed by atoms with Gasteiger partial charge in [-0.15, -0.1) is 12.4 Å². The van der Waals surface area contributed by atoms with Gasteiger partial charge in [0.2, 0.25) is 0 Å². The smallest absolute Gasteiger partial charge is 0.448 e. The van der Waals surface area contributed by atoms with Gasteiger partial charge in [-0.05, 0) is 50.0 Å². The van der Waals surface area contributed by atoms with Gasteiger partial charge in [-0.2, -0.15) is 0 Å². The van der Waals surface area contributed by atoms with Crippen LogP contribution >= 0.6 is 12.4 Å². The van der Waals surface area contributed by atoms with Crippen molar-refractivity contribution in [3.8, 4) is 0 Å². The molecule has 1 unspecified atom stereocenters. The largest absolute Gasteiger partial charge is 0.481 e. The quantitative estimate of drug-likeness (QED) is 0.773. The lowest BCUT2D eigenvalue weighted by molar-refractivity contribution is -0.199. The molecular formula is C20H27BClNO3. The van der Waals surface area contributed by atoms with Crippen molar-refractivity contribution < 1.29 is 13.7 Å². The molecule has 140 valence electrons. The maximum atomic E-state index is 6.53. The first-order valence-electron chi connectivity index (χ1n) is 9.45. The Morgan fingerprint density at radius 1 is 1.19 bits per heavy atom. The van der Waals surface area contributed by atoms with Gasteiger partial charge in [-0.1, -0.05) is 32.0 Å². The third-order valence-electron chi connectivity index (χ3n) is 7.24. The minimum absolute atomic E-state index is 0. The summed E-state index contributed by atoms with van der Waals surface area (Å²) >= 11 is 0. The zero-order valence-corrected chi connectivity index (χ0v) is 16.6. The molecule has 4 nitrogen and oxygen atoms in total. The standard InChI is InChI=1S/C20H26BNO3.ClH/c1-12(22-18-15-8-6-5-7-13(15)11-23-18)21-24-17-10-14-9-16(19(14,2)3)20(17,4)25-21;/h5-8,11-12,14,16-17,22H,9-10H2,1-4H3;1H/t12?,14-,16-,17+,20-;/m0./s1. The minimum atomic E-state index is -0.242. The van der Waals surface area contributed by atoms with Crippen LogP contribution in [0.3, 0.4) is 0 Å². The van der Waals surface area contributed by atoms with E-state index in [0.29, 0.717) is 11.3 Å². The summed E-state index contributed by atoms with van der Waals surface area (Å²) in [4.78, 5) is 0. The monoisotopic (exact) mass is 375 g/mol. The van der Waals surface area contributed by atoms with Crippen LogP contribution in [-0.4, -0.2) is 24.8 Å². The highest BCUT2D eigenvalue weighted by Gasteiger charge is 2.68. The zero-order valence-electron chi connectivity index (χ0n) is 15.8. The first kappa shape index (κ1) is 18.2. The molecule has 6 rings (SSSR count). The number of rotatable bonds is 3. The fraction of sp³-hybridized carbons (Fsp3) is 0.600. The topological polar surface area (TPSA) is 43.6 Å². The number of halogens is 1. The first-order valence-corrected chi connectivity index (χ1v) is 9.45. The van der Waals surface area contributed by atoms with Crippen LogP contribution in [0.15, 0.2) is 34.9 Å². The summed E-state index contributed by atoms with van der Waals surface area (Å²) in [6, 6.07) is 8.18. The van der Waals surface area contributed by atoms with Crippen LogP contribution in [0.4, 0.5) is 5.88 Å². The van der Waals surface area contributed by atoms with Gasteiger partial charge in [0.1, 0.15) is 6.26 Å². The summed E-state index contributed by atoms with van der Waals surface area (Å²) in [5.74, 6) is 2.18. The second kappa shape index (κ2) is 5.92. The Labute approximate surface area is 161 Å². The normalized spacial score (nSPS) is 35.4. The molecule has 0 amide bonds. The van der Waals surface area contributed by atoms with Crippen molar-refractivity contribution in [2.45, 2.75) is 58.2 Å². The summed E-state index contributed by atoms with van der Waals surface area (Å²) in [7, 11) is -0.242. The van der Waals surface area contributed by atoms with E-state index < -0.39 is 0 Å². The molecule has 1 aromatic heterocycles. The molecule has 0 radical (unpaired) electrons. The number of benzene rings is 1. The molecule has 2 aromatic rings. The van der Waals surface area contributed by atoms with Gasteiger partial charge in [-0.25, -0.2) is 0 Å². The molecule has 3 aliphatic carbocycles.